The number of esters is 1. The third-order valence-corrected chi connectivity index (χ3v) is 6.87. The number of methoxy groups -OCH3 is 1. The summed E-state index contributed by atoms with van der Waals surface area (Å²) in [5.74, 6) is -2.28. The minimum Gasteiger partial charge on any atom is -0.465 e. The van der Waals surface area contributed by atoms with Crippen molar-refractivity contribution in [1.82, 2.24) is 9.78 Å². The molecule has 1 saturated carbocycles. The Hall–Kier alpha value is -3.73. The van der Waals surface area contributed by atoms with Crippen molar-refractivity contribution in [3.8, 4) is 11.1 Å². The predicted octanol–water partition coefficient (Wildman–Crippen LogP) is 5.13. The smallest absolute Gasteiger partial charge is 0.416 e. The van der Waals surface area contributed by atoms with E-state index in [0.717, 1.165) is 18.6 Å². The standard InChI is InChI=1S/C26H23F4N3O4/c1-36-23(34)20-11-17(3-4-19(20)15-12-31-33(13-15)18-6-9-37-14-18)32-24(35)25(7-8-25)21-5-2-16(10-22(21)27)26(28,29)30/h2-5,10-13,18H,6-9,14H2,1H3,(H,32,35)/t18-/m0/s1. The Labute approximate surface area is 209 Å². The van der Waals surface area contributed by atoms with Gasteiger partial charge in [0.1, 0.15) is 5.82 Å². The van der Waals surface area contributed by atoms with Crippen molar-refractivity contribution >= 4 is 17.6 Å². The van der Waals surface area contributed by atoms with Gasteiger partial charge in [-0.05, 0) is 49.1 Å². The fraction of sp³-hybridized carbons (Fsp3) is 0.346. The number of amides is 1. The molecule has 1 amide bonds. The number of nitrogens with one attached hydrogen (secondary N) is 1. The van der Waals surface area contributed by atoms with Crippen LogP contribution in [0.4, 0.5) is 23.2 Å². The fourth-order valence-electron chi connectivity index (χ4n) is 4.63. The number of carbonyl (C=O) groups is 2. The van der Waals surface area contributed by atoms with E-state index in [9.17, 15) is 27.2 Å². The summed E-state index contributed by atoms with van der Waals surface area (Å²) in [5, 5.41) is 7.07. The van der Waals surface area contributed by atoms with Gasteiger partial charge in [0.05, 0.1) is 42.5 Å². The number of alkyl halides is 3. The van der Waals surface area contributed by atoms with E-state index < -0.39 is 34.8 Å². The van der Waals surface area contributed by atoms with Crippen molar-refractivity contribution in [1.29, 1.82) is 0 Å². The SMILES string of the molecule is COC(=O)c1cc(NC(=O)C2(c3ccc(C(F)(F)F)cc3F)CC2)ccc1-c1cnn([C@H]2CCOC2)c1. The number of hydrogen-bond acceptors (Lipinski definition) is 5. The molecule has 1 atom stereocenters. The molecule has 194 valence electrons. The number of nitrogens with zero attached hydrogens (tertiary/aromatic N) is 2. The van der Waals surface area contributed by atoms with Crippen LogP contribution in [0.1, 0.15) is 46.8 Å². The van der Waals surface area contributed by atoms with Crippen LogP contribution in [-0.4, -0.2) is 42.0 Å². The van der Waals surface area contributed by atoms with Crippen molar-refractivity contribution in [2.24, 2.45) is 0 Å². The molecule has 1 aliphatic heterocycles. The highest BCUT2D eigenvalue weighted by molar-refractivity contribution is 6.04. The molecule has 7 nitrogen and oxygen atoms in total. The second-order valence-corrected chi connectivity index (χ2v) is 9.21. The Morgan fingerprint density at radius 2 is 1.97 bits per heavy atom. The van der Waals surface area contributed by atoms with E-state index >= 15 is 0 Å². The summed E-state index contributed by atoms with van der Waals surface area (Å²) in [6.45, 7) is 1.21. The molecule has 11 heteroatoms. The first-order chi connectivity index (χ1) is 17.6. The zero-order chi connectivity index (χ0) is 26.4. The minimum absolute atomic E-state index is 0.0916. The molecule has 37 heavy (non-hydrogen) atoms. The number of hydrogen-bond donors (Lipinski definition) is 1. The lowest BCUT2D eigenvalue weighted by Gasteiger charge is -2.18. The Morgan fingerprint density at radius 1 is 1.19 bits per heavy atom. The number of carbonyl (C=O) groups excluding carboxylic acids is 2. The van der Waals surface area contributed by atoms with E-state index in [0.29, 0.717) is 30.4 Å². The van der Waals surface area contributed by atoms with Crippen LogP contribution in [0.15, 0.2) is 48.8 Å². The molecule has 0 unspecified atom stereocenters. The normalized spacial score (nSPS) is 18.5. The first kappa shape index (κ1) is 24.9. The predicted molar refractivity (Wildman–Crippen MR) is 124 cm³/mol. The van der Waals surface area contributed by atoms with Crippen molar-refractivity contribution in [3.63, 3.8) is 0 Å². The van der Waals surface area contributed by atoms with Gasteiger partial charge in [0, 0.05) is 29.6 Å². The summed E-state index contributed by atoms with van der Waals surface area (Å²) < 4.78 is 65.5. The van der Waals surface area contributed by atoms with E-state index in [4.69, 9.17) is 9.47 Å². The molecule has 1 saturated heterocycles. The van der Waals surface area contributed by atoms with E-state index in [2.05, 4.69) is 10.4 Å². The molecule has 3 aromatic rings. The number of rotatable bonds is 6. The monoisotopic (exact) mass is 517 g/mol. The molecular formula is C26H23F4N3O4. The maximum atomic E-state index is 14.6. The molecule has 2 aliphatic rings. The number of ether oxygens (including phenoxy) is 2. The van der Waals surface area contributed by atoms with Crippen LogP contribution in [0.2, 0.25) is 0 Å². The zero-order valence-corrected chi connectivity index (χ0v) is 19.8. The zero-order valence-electron chi connectivity index (χ0n) is 19.8. The Bertz CT molecular complexity index is 1360. The van der Waals surface area contributed by atoms with E-state index in [-0.39, 0.29) is 35.7 Å². The molecule has 0 bridgehead atoms. The van der Waals surface area contributed by atoms with E-state index in [1.807, 2.05) is 6.20 Å². The van der Waals surface area contributed by atoms with Crippen LogP contribution < -0.4 is 5.32 Å². The molecule has 2 aromatic carbocycles. The lowest BCUT2D eigenvalue weighted by Crippen LogP contribution is -2.29. The molecule has 1 aliphatic carbocycles. The second-order valence-electron chi connectivity index (χ2n) is 9.21. The van der Waals surface area contributed by atoms with Crippen LogP contribution in [0, 0.1) is 5.82 Å². The Morgan fingerprint density at radius 3 is 2.59 bits per heavy atom. The third-order valence-electron chi connectivity index (χ3n) is 6.87. The highest BCUT2D eigenvalue weighted by atomic mass is 19.4. The van der Waals surface area contributed by atoms with Crippen LogP contribution in [0.5, 0.6) is 0 Å². The van der Waals surface area contributed by atoms with Gasteiger partial charge in [0.2, 0.25) is 5.91 Å². The van der Waals surface area contributed by atoms with Crippen LogP contribution >= 0.6 is 0 Å². The van der Waals surface area contributed by atoms with Gasteiger partial charge in [-0.3, -0.25) is 9.48 Å². The largest absolute Gasteiger partial charge is 0.465 e. The van der Waals surface area contributed by atoms with Crippen molar-refractivity contribution in [2.75, 3.05) is 25.6 Å². The lowest BCUT2D eigenvalue weighted by molar-refractivity contribution is -0.137. The molecule has 1 aromatic heterocycles. The van der Waals surface area contributed by atoms with Crippen LogP contribution in [0.3, 0.4) is 0 Å². The second kappa shape index (κ2) is 9.29. The Kier molecular flexibility index (Phi) is 6.26. The molecule has 2 fully saturated rings. The summed E-state index contributed by atoms with van der Waals surface area (Å²) in [5.41, 5.74) is -0.806. The molecule has 0 spiro atoms. The minimum atomic E-state index is -4.69. The molecule has 5 rings (SSSR count). The highest BCUT2D eigenvalue weighted by Gasteiger charge is 2.53. The first-order valence-corrected chi connectivity index (χ1v) is 11.7. The number of benzene rings is 2. The summed E-state index contributed by atoms with van der Waals surface area (Å²) in [4.78, 5) is 25.7. The van der Waals surface area contributed by atoms with Gasteiger partial charge in [-0.25, -0.2) is 9.18 Å². The van der Waals surface area contributed by atoms with Crippen molar-refractivity contribution < 1.29 is 36.6 Å². The van der Waals surface area contributed by atoms with Crippen LogP contribution in [-0.2, 0) is 25.9 Å². The summed E-state index contributed by atoms with van der Waals surface area (Å²) in [6, 6.07) is 6.99. The van der Waals surface area contributed by atoms with Gasteiger partial charge in [-0.15, -0.1) is 0 Å². The van der Waals surface area contributed by atoms with Gasteiger partial charge >= 0.3 is 12.1 Å². The fourth-order valence-corrected chi connectivity index (χ4v) is 4.63. The quantitative estimate of drug-likeness (QED) is 0.362. The lowest BCUT2D eigenvalue weighted by atomic mass is 9.93. The maximum Gasteiger partial charge on any atom is 0.416 e. The van der Waals surface area contributed by atoms with Gasteiger partial charge in [-0.2, -0.15) is 18.3 Å². The van der Waals surface area contributed by atoms with E-state index in [1.54, 1.807) is 23.0 Å². The molecule has 1 N–H and O–H groups in total. The molecule has 0 radical (unpaired) electrons. The number of halogens is 4. The topological polar surface area (TPSA) is 82.5 Å². The highest BCUT2D eigenvalue weighted by Crippen LogP contribution is 2.50. The first-order valence-electron chi connectivity index (χ1n) is 11.7. The van der Waals surface area contributed by atoms with Gasteiger partial charge < -0.3 is 14.8 Å². The molecule has 2 heterocycles. The third kappa shape index (κ3) is 4.71. The summed E-state index contributed by atoms with van der Waals surface area (Å²) >= 11 is 0. The van der Waals surface area contributed by atoms with Gasteiger partial charge in [0.15, 0.2) is 0 Å². The number of anilines is 1. The maximum absolute atomic E-state index is 14.6. The van der Waals surface area contributed by atoms with Gasteiger partial charge in [0.25, 0.3) is 0 Å². The van der Waals surface area contributed by atoms with E-state index in [1.165, 1.54) is 13.2 Å². The number of aromatic nitrogens is 2. The van der Waals surface area contributed by atoms with Crippen molar-refractivity contribution in [2.45, 2.75) is 36.9 Å². The Balaban J connectivity index is 1.40. The average Bonchev–Trinajstić information content (AvgIpc) is 3.25. The van der Waals surface area contributed by atoms with Crippen molar-refractivity contribution in [3.05, 3.63) is 71.3 Å². The van der Waals surface area contributed by atoms with Crippen LogP contribution in [0.25, 0.3) is 11.1 Å². The summed E-state index contributed by atoms with van der Waals surface area (Å²) in [7, 11) is 1.24. The average molecular weight is 517 g/mol. The summed E-state index contributed by atoms with van der Waals surface area (Å²) in [6.07, 6.45) is 0.153. The van der Waals surface area contributed by atoms with Gasteiger partial charge in [-0.1, -0.05) is 12.1 Å². The molecular weight excluding hydrogens is 494 g/mol.